The summed E-state index contributed by atoms with van der Waals surface area (Å²) in [5.41, 5.74) is 0.995. The number of carbonyl (C=O) groups is 2. The van der Waals surface area contributed by atoms with Gasteiger partial charge < -0.3 is 10.2 Å². The van der Waals surface area contributed by atoms with Crippen molar-refractivity contribution >= 4 is 35.1 Å². The Balaban J connectivity index is 2.50. The molecule has 0 unspecified atom stereocenters. The highest BCUT2D eigenvalue weighted by molar-refractivity contribution is 6.45. The molecule has 2 aromatic carbocycles. The van der Waals surface area contributed by atoms with E-state index >= 15 is 0 Å². The van der Waals surface area contributed by atoms with E-state index in [2.05, 4.69) is 0 Å². The van der Waals surface area contributed by atoms with Crippen LogP contribution in [0.4, 0.5) is 0 Å². The summed E-state index contributed by atoms with van der Waals surface area (Å²) in [5.74, 6) is -2.03. The van der Waals surface area contributed by atoms with Crippen molar-refractivity contribution in [3.8, 4) is 0 Å². The lowest BCUT2D eigenvalue weighted by Gasteiger charge is -2.32. The average molecular weight is 353 g/mol. The maximum atomic E-state index is 11.0. The summed E-state index contributed by atoms with van der Waals surface area (Å²) in [5, 5.41) is 18.0. The average Bonchev–Trinajstić information content (AvgIpc) is 2.54. The normalized spacial score (nSPS) is 11.5. The number of alkyl halides is 2. The third-order valence-electron chi connectivity index (χ3n) is 3.90. The number of carboxylic acids is 2. The molecule has 0 aliphatic carbocycles. The van der Waals surface area contributed by atoms with Crippen molar-refractivity contribution in [2.75, 3.05) is 0 Å². The molecule has 2 aromatic rings. The van der Waals surface area contributed by atoms with Gasteiger partial charge in [-0.15, -0.1) is 23.2 Å². The Bertz CT molecular complexity index is 664. The maximum Gasteiger partial charge on any atom is 0.335 e. The van der Waals surface area contributed by atoms with E-state index in [0.29, 0.717) is 0 Å². The van der Waals surface area contributed by atoms with Gasteiger partial charge in [-0.25, -0.2) is 9.59 Å². The quantitative estimate of drug-likeness (QED) is 0.791. The molecular weight excluding hydrogens is 339 g/mol. The van der Waals surface area contributed by atoms with Crippen molar-refractivity contribution < 1.29 is 19.8 Å². The molecular formula is C17H14Cl2O4. The molecule has 4 nitrogen and oxygen atoms in total. The first kappa shape index (κ1) is 17.3. The second-order valence-corrected chi connectivity index (χ2v) is 6.36. The van der Waals surface area contributed by atoms with Crippen LogP contribution in [0.15, 0.2) is 48.5 Å². The van der Waals surface area contributed by atoms with E-state index in [0.717, 1.165) is 11.1 Å². The van der Waals surface area contributed by atoms with Crippen molar-refractivity contribution in [2.24, 2.45) is 0 Å². The summed E-state index contributed by atoms with van der Waals surface area (Å²) < 4.78 is 0. The lowest BCUT2D eigenvalue weighted by atomic mass is 9.77. The molecule has 0 saturated heterocycles. The first-order valence-electron chi connectivity index (χ1n) is 6.72. The molecule has 0 heterocycles. The number of aromatic carboxylic acids is 2. The number of carboxylic acid groups (broad SMARTS) is 2. The fourth-order valence-electron chi connectivity index (χ4n) is 2.34. The summed E-state index contributed by atoms with van der Waals surface area (Å²) in [6, 6.07) is 12.6. The number of hydrogen-bond donors (Lipinski definition) is 2. The van der Waals surface area contributed by atoms with Crippen molar-refractivity contribution in [3.63, 3.8) is 0 Å². The van der Waals surface area contributed by atoms with E-state index in [1.54, 1.807) is 24.3 Å². The van der Waals surface area contributed by atoms with Gasteiger partial charge in [0, 0.05) is 5.41 Å². The van der Waals surface area contributed by atoms with E-state index in [9.17, 15) is 9.59 Å². The van der Waals surface area contributed by atoms with Gasteiger partial charge >= 0.3 is 11.9 Å². The van der Waals surface area contributed by atoms with Crippen LogP contribution in [-0.4, -0.2) is 27.0 Å². The lowest BCUT2D eigenvalue weighted by molar-refractivity contribution is 0.0686. The fourth-order valence-corrected chi connectivity index (χ4v) is 2.84. The van der Waals surface area contributed by atoms with Crippen molar-refractivity contribution in [3.05, 3.63) is 70.8 Å². The van der Waals surface area contributed by atoms with Crippen LogP contribution in [0.1, 0.15) is 38.8 Å². The third-order valence-corrected chi connectivity index (χ3v) is 4.77. The van der Waals surface area contributed by atoms with Gasteiger partial charge in [-0.2, -0.15) is 0 Å². The first-order chi connectivity index (χ1) is 10.8. The van der Waals surface area contributed by atoms with Crippen molar-refractivity contribution in [2.45, 2.75) is 17.2 Å². The van der Waals surface area contributed by atoms with Crippen LogP contribution in [0.25, 0.3) is 0 Å². The molecule has 0 fully saturated rings. The maximum absolute atomic E-state index is 11.0. The van der Waals surface area contributed by atoms with E-state index in [-0.39, 0.29) is 11.1 Å². The molecule has 0 amide bonds. The van der Waals surface area contributed by atoms with E-state index in [4.69, 9.17) is 33.4 Å². The molecule has 2 N–H and O–H groups in total. The standard InChI is InChI=1S/C17H14Cl2O4/c1-17(16(18)19,12-6-2-10(3-7-12)14(20)21)13-8-4-11(5-9-13)15(22)23/h2-9,16H,1H3,(H,20,21)(H,22,23). The number of hydrogen-bond acceptors (Lipinski definition) is 2. The van der Waals surface area contributed by atoms with Crippen molar-refractivity contribution in [1.82, 2.24) is 0 Å². The highest BCUT2D eigenvalue weighted by Gasteiger charge is 2.36. The Kier molecular flexibility index (Phi) is 4.97. The summed E-state index contributed by atoms with van der Waals surface area (Å²) >= 11 is 12.4. The highest BCUT2D eigenvalue weighted by Crippen LogP contribution is 2.40. The zero-order valence-corrected chi connectivity index (χ0v) is 13.7. The van der Waals surface area contributed by atoms with Crippen LogP contribution in [0, 0.1) is 0 Å². The Labute approximate surface area is 143 Å². The van der Waals surface area contributed by atoms with Crippen LogP contribution in [0.5, 0.6) is 0 Å². The first-order valence-corrected chi connectivity index (χ1v) is 7.60. The summed E-state index contributed by atoms with van der Waals surface area (Å²) in [6.07, 6.45) is 0. The smallest absolute Gasteiger partial charge is 0.335 e. The summed E-state index contributed by atoms with van der Waals surface area (Å²) in [6.45, 7) is 1.82. The lowest BCUT2D eigenvalue weighted by Crippen LogP contribution is -2.31. The molecule has 0 aliphatic heterocycles. The predicted molar refractivity (Wildman–Crippen MR) is 88.8 cm³/mol. The molecule has 23 heavy (non-hydrogen) atoms. The van der Waals surface area contributed by atoms with Gasteiger partial charge in [-0.05, 0) is 42.3 Å². The number of benzene rings is 2. The molecule has 0 aromatic heterocycles. The molecule has 120 valence electrons. The largest absolute Gasteiger partial charge is 0.478 e. The van der Waals surface area contributed by atoms with Crippen LogP contribution in [0.3, 0.4) is 0 Å². The second-order valence-electron chi connectivity index (χ2n) is 5.27. The monoisotopic (exact) mass is 352 g/mol. The van der Waals surface area contributed by atoms with Crippen LogP contribution in [0.2, 0.25) is 0 Å². The minimum Gasteiger partial charge on any atom is -0.478 e. The number of rotatable bonds is 5. The van der Waals surface area contributed by atoms with Crippen LogP contribution < -0.4 is 0 Å². The highest BCUT2D eigenvalue weighted by atomic mass is 35.5. The summed E-state index contributed by atoms with van der Waals surface area (Å²) in [7, 11) is 0. The van der Waals surface area contributed by atoms with Gasteiger partial charge in [0.25, 0.3) is 0 Å². The molecule has 0 spiro atoms. The minimum absolute atomic E-state index is 0.165. The van der Waals surface area contributed by atoms with Crippen LogP contribution >= 0.6 is 23.2 Å². The van der Waals surface area contributed by atoms with Crippen LogP contribution in [-0.2, 0) is 5.41 Å². The molecule has 0 atom stereocenters. The fraction of sp³-hybridized carbons (Fsp3) is 0.176. The van der Waals surface area contributed by atoms with Gasteiger partial charge in [-0.3, -0.25) is 0 Å². The van der Waals surface area contributed by atoms with E-state index < -0.39 is 22.2 Å². The Morgan fingerprint density at radius 3 is 1.35 bits per heavy atom. The van der Waals surface area contributed by atoms with Crippen molar-refractivity contribution in [1.29, 1.82) is 0 Å². The van der Waals surface area contributed by atoms with Gasteiger partial charge in [0.2, 0.25) is 0 Å². The van der Waals surface area contributed by atoms with E-state index in [1.807, 2.05) is 6.92 Å². The molecule has 6 heteroatoms. The predicted octanol–water partition coefficient (Wildman–Crippen LogP) is 4.19. The zero-order chi connectivity index (χ0) is 17.2. The molecule has 0 aliphatic rings. The van der Waals surface area contributed by atoms with Gasteiger partial charge in [0.15, 0.2) is 0 Å². The third kappa shape index (κ3) is 3.33. The Hall–Kier alpha value is -2.04. The molecule has 0 bridgehead atoms. The number of halogens is 2. The molecule has 0 saturated carbocycles. The Morgan fingerprint density at radius 2 is 1.13 bits per heavy atom. The SMILES string of the molecule is CC(c1ccc(C(=O)O)cc1)(c1ccc(C(=O)O)cc1)C(Cl)Cl. The summed E-state index contributed by atoms with van der Waals surface area (Å²) in [4.78, 5) is 21.1. The van der Waals surface area contributed by atoms with E-state index in [1.165, 1.54) is 24.3 Å². The van der Waals surface area contributed by atoms with Gasteiger partial charge in [0.05, 0.1) is 11.1 Å². The minimum atomic E-state index is -1.02. The van der Waals surface area contributed by atoms with Gasteiger partial charge in [-0.1, -0.05) is 24.3 Å². The van der Waals surface area contributed by atoms with Gasteiger partial charge in [0.1, 0.15) is 4.84 Å². The molecule has 2 rings (SSSR count). The molecule has 0 radical (unpaired) electrons. The second kappa shape index (κ2) is 6.60. The topological polar surface area (TPSA) is 74.6 Å². The Morgan fingerprint density at radius 1 is 0.826 bits per heavy atom. The zero-order valence-electron chi connectivity index (χ0n) is 12.2.